The van der Waals surface area contributed by atoms with Gasteiger partial charge in [-0.1, -0.05) is 12.2 Å². The van der Waals surface area contributed by atoms with E-state index in [1.807, 2.05) is 6.08 Å². The van der Waals surface area contributed by atoms with Gasteiger partial charge in [-0.2, -0.15) is 0 Å². The average Bonchev–Trinajstić information content (AvgIpc) is 2.09. The third kappa shape index (κ3) is 0.661. The summed E-state index contributed by atoms with van der Waals surface area (Å²) in [6.45, 7) is 0. The quantitative estimate of drug-likeness (QED) is 0.465. The standard InChI is InChI=1S/C7H9NO/c9-7-5-2-1-3-6(4-5)8-7/h1-2,5-6H,3-4H2,(H,8,9). The van der Waals surface area contributed by atoms with Gasteiger partial charge in [-0.3, -0.25) is 4.79 Å². The van der Waals surface area contributed by atoms with Crippen LogP contribution in [0.2, 0.25) is 0 Å². The summed E-state index contributed by atoms with van der Waals surface area (Å²) in [7, 11) is 0. The van der Waals surface area contributed by atoms with Crippen molar-refractivity contribution in [3.05, 3.63) is 12.2 Å². The van der Waals surface area contributed by atoms with E-state index in [1.165, 1.54) is 0 Å². The van der Waals surface area contributed by atoms with Crippen LogP contribution in [0.4, 0.5) is 0 Å². The first-order chi connectivity index (χ1) is 4.36. The molecule has 0 spiro atoms. The van der Waals surface area contributed by atoms with Gasteiger partial charge < -0.3 is 5.32 Å². The van der Waals surface area contributed by atoms with Gasteiger partial charge in [0.05, 0.1) is 5.92 Å². The molecule has 0 radical (unpaired) electrons. The average molecular weight is 123 g/mol. The zero-order valence-electron chi connectivity index (χ0n) is 5.13. The maximum atomic E-state index is 10.9. The van der Waals surface area contributed by atoms with Crippen LogP contribution in [0.5, 0.6) is 0 Å². The van der Waals surface area contributed by atoms with Crippen LogP contribution in [0, 0.1) is 5.92 Å². The molecule has 1 aliphatic carbocycles. The van der Waals surface area contributed by atoms with Gasteiger partial charge in [0.2, 0.25) is 5.91 Å². The molecular formula is C7H9NO. The van der Waals surface area contributed by atoms with Crippen LogP contribution in [0.1, 0.15) is 12.8 Å². The fourth-order valence-corrected chi connectivity index (χ4v) is 1.51. The van der Waals surface area contributed by atoms with E-state index in [2.05, 4.69) is 11.4 Å². The van der Waals surface area contributed by atoms with E-state index in [0.717, 1.165) is 12.8 Å². The molecule has 1 amide bonds. The number of carbonyl (C=O) groups excluding carboxylic acids is 1. The molecule has 2 rings (SSSR count). The molecular weight excluding hydrogens is 114 g/mol. The molecule has 1 N–H and O–H groups in total. The molecule has 0 aromatic rings. The van der Waals surface area contributed by atoms with Gasteiger partial charge in [0.1, 0.15) is 0 Å². The lowest BCUT2D eigenvalue weighted by atomic mass is 9.97. The number of carbonyl (C=O) groups is 1. The third-order valence-corrected chi connectivity index (χ3v) is 2.01. The van der Waals surface area contributed by atoms with Gasteiger partial charge in [0, 0.05) is 6.04 Å². The van der Waals surface area contributed by atoms with Gasteiger partial charge in [-0.25, -0.2) is 0 Å². The second-order valence-corrected chi connectivity index (χ2v) is 2.71. The fourth-order valence-electron chi connectivity index (χ4n) is 1.51. The van der Waals surface area contributed by atoms with Crippen molar-refractivity contribution in [1.29, 1.82) is 0 Å². The number of hydrogen-bond donors (Lipinski definition) is 1. The van der Waals surface area contributed by atoms with Crippen molar-refractivity contribution in [2.24, 2.45) is 5.92 Å². The van der Waals surface area contributed by atoms with Gasteiger partial charge in [-0.15, -0.1) is 0 Å². The molecule has 1 aliphatic heterocycles. The zero-order chi connectivity index (χ0) is 6.27. The van der Waals surface area contributed by atoms with Crippen LogP contribution in [-0.2, 0) is 4.79 Å². The Labute approximate surface area is 53.9 Å². The Balaban J connectivity index is 2.27. The topological polar surface area (TPSA) is 29.1 Å². The van der Waals surface area contributed by atoms with E-state index >= 15 is 0 Å². The molecule has 1 saturated heterocycles. The number of hydrogen-bond acceptors (Lipinski definition) is 1. The third-order valence-electron chi connectivity index (χ3n) is 2.01. The summed E-state index contributed by atoms with van der Waals surface area (Å²) in [5.41, 5.74) is 0. The van der Waals surface area contributed by atoms with Crippen molar-refractivity contribution in [3.8, 4) is 0 Å². The largest absolute Gasteiger partial charge is 0.353 e. The van der Waals surface area contributed by atoms with Crippen molar-refractivity contribution < 1.29 is 4.79 Å². The van der Waals surface area contributed by atoms with Crippen LogP contribution in [-0.4, -0.2) is 11.9 Å². The summed E-state index contributed by atoms with van der Waals surface area (Å²) in [4.78, 5) is 10.9. The van der Waals surface area contributed by atoms with Crippen molar-refractivity contribution in [1.82, 2.24) is 5.32 Å². The molecule has 1 heterocycles. The van der Waals surface area contributed by atoms with E-state index in [1.54, 1.807) is 0 Å². The van der Waals surface area contributed by atoms with Crippen molar-refractivity contribution in [2.45, 2.75) is 18.9 Å². The van der Waals surface area contributed by atoms with E-state index in [9.17, 15) is 4.79 Å². The maximum absolute atomic E-state index is 10.9. The SMILES string of the molecule is O=C1NC2CC=CC1C2. The molecule has 2 atom stereocenters. The molecule has 2 aliphatic rings. The molecule has 2 bridgehead atoms. The Morgan fingerprint density at radius 1 is 1.67 bits per heavy atom. The fraction of sp³-hybridized carbons (Fsp3) is 0.571. The van der Waals surface area contributed by atoms with Crippen LogP contribution < -0.4 is 5.32 Å². The Hall–Kier alpha value is -0.790. The lowest BCUT2D eigenvalue weighted by molar-refractivity contribution is -0.121. The Bertz CT molecular complexity index is 174. The lowest BCUT2D eigenvalue weighted by Gasteiger charge is -2.07. The maximum Gasteiger partial charge on any atom is 0.227 e. The minimum atomic E-state index is 0.198. The first-order valence-electron chi connectivity index (χ1n) is 3.33. The molecule has 48 valence electrons. The highest BCUT2D eigenvalue weighted by Crippen LogP contribution is 2.23. The highest BCUT2D eigenvalue weighted by molar-refractivity contribution is 5.83. The normalized spacial score (nSPS) is 38.9. The summed E-state index contributed by atoms with van der Waals surface area (Å²) in [6.07, 6.45) is 6.16. The summed E-state index contributed by atoms with van der Waals surface area (Å²) in [6, 6.07) is 0.451. The molecule has 0 aromatic carbocycles. The van der Waals surface area contributed by atoms with Crippen molar-refractivity contribution in [3.63, 3.8) is 0 Å². The number of rotatable bonds is 0. The van der Waals surface area contributed by atoms with E-state index in [0.29, 0.717) is 6.04 Å². The predicted octanol–water partition coefficient (Wildman–Crippen LogP) is 0.451. The van der Waals surface area contributed by atoms with E-state index in [-0.39, 0.29) is 11.8 Å². The summed E-state index contributed by atoms with van der Waals surface area (Å²) in [5, 5.41) is 2.91. The van der Waals surface area contributed by atoms with Gasteiger partial charge in [-0.05, 0) is 12.8 Å². The lowest BCUT2D eigenvalue weighted by Crippen LogP contribution is -2.24. The monoisotopic (exact) mass is 123 g/mol. The van der Waals surface area contributed by atoms with Gasteiger partial charge in [0.15, 0.2) is 0 Å². The summed E-state index contributed by atoms with van der Waals surface area (Å²) < 4.78 is 0. The molecule has 0 aromatic heterocycles. The summed E-state index contributed by atoms with van der Waals surface area (Å²) in [5.74, 6) is 0.414. The van der Waals surface area contributed by atoms with Crippen LogP contribution >= 0.6 is 0 Å². The van der Waals surface area contributed by atoms with Gasteiger partial charge in [0.25, 0.3) is 0 Å². The second kappa shape index (κ2) is 1.59. The Kier molecular flexibility index (Phi) is 0.891. The minimum Gasteiger partial charge on any atom is -0.353 e. The molecule has 2 nitrogen and oxygen atoms in total. The molecule has 2 unspecified atom stereocenters. The zero-order valence-corrected chi connectivity index (χ0v) is 5.13. The first-order valence-corrected chi connectivity index (χ1v) is 3.33. The number of nitrogens with one attached hydrogen (secondary N) is 1. The Morgan fingerprint density at radius 2 is 2.56 bits per heavy atom. The molecule has 9 heavy (non-hydrogen) atoms. The van der Waals surface area contributed by atoms with Crippen LogP contribution in [0.25, 0.3) is 0 Å². The van der Waals surface area contributed by atoms with Crippen LogP contribution in [0.15, 0.2) is 12.2 Å². The molecule has 2 heteroatoms. The van der Waals surface area contributed by atoms with Crippen LogP contribution in [0.3, 0.4) is 0 Å². The Morgan fingerprint density at radius 3 is 3.22 bits per heavy atom. The van der Waals surface area contributed by atoms with Gasteiger partial charge >= 0.3 is 0 Å². The second-order valence-electron chi connectivity index (χ2n) is 2.71. The smallest absolute Gasteiger partial charge is 0.227 e. The summed E-state index contributed by atoms with van der Waals surface area (Å²) >= 11 is 0. The van der Waals surface area contributed by atoms with E-state index in [4.69, 9.17) is 0 Å². The first kappa shape index (κ1) is 5.03. The van der Waals surface area contributed by atoms with E-state index < -0.39 is 0 Å². The van der Waals surface area contributed by atoms with Crippen molar-refractivity contribution in [2.75, 3.05) is 0 Å². The number of amides is 1. The van der Waals surface area contributed by atoms with Crippen molar-refractivity contribution >= 4 is 5.91 Å². The highest BCUT2D eigenvalue weighted by Gasteiger charge is 2.31. The molecule has 1 fully saturated rings. The highest BCUT2D eigenvalue weighted by atomic mass is 16.2. The minimum absolute atomic E-state index is 0.198. The predicted molar refractivity (Wildman–Crippen MR) is 33.8 cm³/mol. The number of fused-ring (bicyclic) bond motifs is 2. The molecule has 0 saturated carbocycles.